The van der Waals surface area contributed by atoms with E-state index in [1.54, 1.807) is 40.1 Å². The molecule has 1 aliphatic rings. The highest BCUT2D eigenvalue weighted by Gasteiger charge is 2.39. The lowest BCUT2D eigenvalue weighted by atomic mass is 10.1. The fraction of sp³-hybridized carbons (Fsp3) is 0.321. The van der Waals surface area contributed by atoms with E-state index in [1.807, 2.05) is 44.0 Å². The van der Waals surface area contributed by atoms with Gasteiger partial charge in [0.15, 0.2) is 5.16 Å². The summed E-state index contributed by atoms with van der Waals surface area (Å²) < 4.78 is 15.9. The highest BCUT2D eigenvalue weighted by molar-refractivity contribution is 7.99. The molecule has 0 N–H and O–H groups in total. The molecule has 192 valence electrons. The monoisotopic (exact) mass is 554 g/mol. The number of hydrogen-bond acceptors (Lipinski definition) is 6. The molecule has 0 spiro atoms. The molecule has 1 aliphatic heterocycles. The maximum absolute atomic E-state index is 14.7. The van der Waals surface area contributed by atoms with E-state index in [0.29, 0.717) is 35.3 Å². The summed E-state index contributed by atoms with van der Waals surface area (Å²) in [6, 6.07) is 16.6. The minimum atomic E-state index is -0.390. The number of fused-ring (bicyclic) bond motifs is 1. The number of benzene rings is 2. The van der Waals surface area contributed by atoms with Crippen molar-refractivity contribution in [3.8, 4) is 0 Å². The summed E-state index contributed by atoms with van der Waals surface area (Å²) in [6.07, 6.45) is 0.628. The van der Waals surface area contributed by atoms with Crippen LogP contribution in [0.4, 0.5) is 4.39 Å². The summed E-state index contributed by atoms with van der Waals surface area (Å²) in [5.74, 6) is -0.333. The Balaban J connectivity index is 1.37. The van der Waals surface area contributed by atoms with E-state index in [2.05, 4.69) is 28.2 Å². The average molecular weight is 555 g/mol. The molecule has 0 unspecified atom stereocenters. The third-order valence-corrected chi connectivity index (χ3v) is 9.08. The molecule has 0 bridgehead atoms. The van der Waals surface area contributed by atoms with Crippen molar-refractivity contribution in [1.82, 2.24) is 19.8 Å². The van der Waals surface area contributed by atoms with Gasteiger partial charge in [0, 0.05) is 56.9 Å². The SMILES string of the molecule is Cc1cc(C)nc(S[C@H]2C[C@@H](C(=O)N(C)Cc3cc4ccccc4s3)N(Cc3c(F)cccc3Cl)C2)n1. The lowest BCUT2D eigenvalue weighted by Crippen LogP contribution is -2.43. The van der Waals surface area contributed by atoms with Crippen LogP contribution in [-0.4, -0.2) is 50.6 Å². The van der Waals surface area contributed by atoms with Gasteiger partial charge in [0.25, 0.3) is 0 Å². The Morgan fingerprint density at radius 1 is 1.16 bits per heavy atom. The van der Waals surface area contributed by atoms with Crippen LogP contribution >= 0.6 is 34.7 Å². The van der Waals surface area contributed by atoms with Gasteiger partial charge in [0.05, 0.1) is 12.6 Å². The average Bonchev–Trinajstić information content (AvgIpc) is 3.43. The molecule has 2 aromatic heterocycles. The Labute approximate surface area is 229 Å². The number of nitrogens with zero attached hydrogens (tertiary/aromatic N) is 4. The number of hydrogen-bond donors (Lipinski definition) is 0. The van der Waals surface area contributed by atoms with E-state index in [4.69, 9.17) is 11.6 Å². The molecule has 1 saturated heterocycles. The number of carbonyl (C=O) groups excluding carboxylic acids is 1. The highest BCUT2D eigenvalue weighted by Crippen LogP contribution is 2.35. The number of thiophene rings is 1. The van der Waals surface area contributed by atoms with Crippen molar-refractivity contribution in [2.45, 2.75) is 49.8 Å². The quantitative estimate of drug-likeness (QED) is 0.244. The largest absolute Gasteiger partial charge is 0.339 e. The molecular weight excluding hydrogens is 527 g/mol. The molecule has 2 atom stereocenters. The van der Waals surface area contributed by atoms with E-state index in [0.717, 1.165) is 16.3 Å². The maximum Gasteiger partial charge on any atom is 0.240 e. The molecular formula is C28H28ClFN4OS2. The van der Waals surface area contributed by atoms with E-state index >= 15 is 0 Å². The van der Waals surface area contributed by atoms with Crippen LogP contribution in [0, 0.1) is 19.7 Å². The molecule has 0 radical (unpaired) electrons. The number of aromatic nitrogens is 2. The molecule has 2 aromatic carbocycles. The molecule has 0 aliphatic carbocycles. The van der Waals surface area contributed by atoms with Crippen molar-refractivity contribution in [3.63, 3.8) is 0 Å². The van der Waals surface area contributed by atoms with E-state index in [9.17, 15) is 9.18 Å². The fourth-order valence-corrected chi connectivity index (χ4v) is 7.42. The fourth-order valence-electron chi connectivity index (χ4n) is 4.84. The first-order valence-electron chi connectivity index (χ1n) is 12.1. The van der Waals surface area contributed by atoms with Crippen LogP contribution < -0.4 is 0 Å². The van der Waals surface area contributed by atoms with Crippen molar-refractivity contribution in [2.75, 3.05) is 13.6 Å². The van der Waals surface area contributed by atoms with Crippen LogP contribution in [0.3, 0.4) is 0 Å². The van der Waals surface area contributed by atoms with Gasteiger partial charge in [0.2, 0.25) is 5.91 Å². The minimum absolute atomic E-state index is 0.0226. The molecule has 4 aromatic rings. The third-order valence-electron chi connectivity index (χ3n) is 6.55. The van der Waals surface area contributed by atoms with Gasteiger partial charge in [-0.2, -0.15) is 0 Å². The van der Waals surface area contributed by atoms with Crippen LogP contribution in [0.25, 0.3) is 10.1 Å². The topological polar surface area (TPSA) is 49.3 Å². The zero-order valence-corrected chi connectivity index (χ0v) is 23.3. The first-order valence-corrected chi connectivity index (χ1v) is 14.2. The second kappa shape index (κ2) is 11.1. The third kappa shape index (κ3) is 5.98. The molecule has 5 nitrogen and oxygen atoms in total. The van der Waals surface area contributed by atoms with Gasteiger partial charge < -0.3 is 4.90 Å². The summed E-state index contributed by atoms with van der Waals surface area (Å²) in [5.41, 5.74) is 2.25. The van der Waals surface area contributed by atoms with Crippen LogP contribution in [0.2, 0.25) is 5.02 Å². The Bertz CT molecular complexity index is 1370. The standard InChI is InChI=1S/C28H28ClFN4OS2/c1-17-11-18(2)32-28(31-17)37-21-13-25(34(15-21)16-22-23(29)8-6-9-24(22)30)27(35)33(3)14-20-12-19-7-4-5-10-26(19)36-20/h4-12,21,25H,13-16H2,1-3H3/t21-,25-/m0/s1. The first-order chi connectivity index (χ1) is 17.8. The van der Waals surface area contributed by atoms with E-state index in [1.165, 1.54) is 16.2 Å². The Hall–Kier alpha value is -2.52. The van der Waals surface area contributed by atoms with Gasteiger partial charge in [-0.1, -0.05) is 47.6 Å². The number of likely N-dealkylation sites (N-methyl/N-ethyl adjacent to an activating group) is 1. The summed E-state index contributed by atoms with van der Waals surface area (Å²) in [6.45, 7) is 5.31. The number of carbonyl (C=O) groups is 1. The number of likely N-dealkylation sites (tertiary alicyclic amines) is 1. The normalized spacial score (nSPS) is 18.0. The zero-order chi connectivity index (χ0) is 26.1. The lowest BCUT2D eigenvalue weighted by Gasteiger charge is -2.28. The Morgan fingerprint density at radius 3 is 2.65 bits per heavy atom. The van der Waals surface area contributed by atoms with Crippen molar-refractivity contribution >= 4 is 50.7 Å². The molecule has 3 heterocycles. The number of aryl methyl sites for hydroxylation is 2. The van der Waals surface area contributed by atoms with Gasteiger partial charge >= 0.3 is 0 Å². The number of rotatable bonds is 7. The second-order valence-electron chi connectivity index (χ2n) is 9.50. The van der Waals surface area contributed by atoms with Crippen LogP contribution in [0.1, 0.15) is 28.2 Å². The molecule has 1 amide bonds. The summed E-state index contributed by atoms with van der Waals surface area (Å²) >= 11 is 9.64. The lowest BCUT2D eigenvalue weighted by molar-refractivity contribution is -0.135. The van der Waals surface area contributed by atoms with Gasteiger partial charge in [-0.05, 0) is 56.0 Å². The van der Waals surface area contributed by atoms with E-state index < -0.39 is 6.04 Å². The predicted octanol–water partition coefficient (Wildman–Crippen LogP) is 6.49. The minimum Gasteiger partial charge on any atom is -0.339 e. The van der Waals surface area contributed by atoms with Gasteiger partial charge in [-0.15, -0.1) is 11.3 Å². The molecule has 5 rings (SSSR count). The van der Waals surface area contributed by atoms with Crippen LogP contribution in [-0.2, 0) is 17.9 Å². The Kier molecular flexibility index (Phi) is 7.81. The molecule has 1 fully saturated rings. The van der Waals surface area contributed by atoms with E-state index in [-0.39, 0.29) is 23.5 Å². The van der Waals surface area contributed by atoms with Crippen molar-refractivity contribution in [1.29, 1.82) is 0 Å². The number of amides is 1. The second-order valence-corrected chi connectivity index (χ2v) is 12.3. The van der Waals surface area contributed by atoms with Gasteiger partial charge in [-0.3, -0.25) is 9.69 Å². The molecule has 37 heavy (non-hydrogen) atoms. The summed E-state index contributed by atoms with van der Waals surface area (Å²) in [7, 11) is 1.84. The van der Waals surface area contributed by atoms with Crippen molar-refractivity contribution in [2.24, 2.45) is 0 Å². The van der Waals surface area contributed by atoms with Crippen LogP contribution in [0.15, 0.2) is 59.8 Å². The van der Waals surface area contributed by atoms with Crippen molar-refractivity contribution in [3.05, 3.63) is 87.3 Å². The highest BCUT2D eigenvalue weighted by atomic mass is 35.5. The smallest absolute Gasteiger partial charge is 0.240 e. The maximum atomic E-state index is 14.7. The van der Waals surface area contributed by atoms with Gasteiger partial charge in [-0.25, -0.2) is 14.4 Å². The number of thioether (sulfide) groups is 1. The molecule has 0 saturated carbocycles. The predicted molar refractivity (Wildman–Crippen MR) is 150 cm³/mol. The van der Waals surface area contributed by atoms with Crippen molar-refractivity contribution < 1.29 is 9.18 Å². The van der Waals surface area contributed by atoms with Gasteiger partial charge in [0.1, 0.15) is 5.82 Å². The summed E-state index contributed by atoms with van der Waals surface area (Å²) in [4.78, 5) is 27.9. The zero-order valence-electron chi connectivity index (χ0n) is 20.9. The summed E-state index contributed by atoms with van der Waals surface area (Å²) in [5, 5.41) is 2.36. The number of halogens is 2. The molecule has 9 heteroatoms. The Morgan fingerprint density at radius 2 is 1.92 bits per heavy atom. The first kappa shape index (κ1) is 26.1. The van der Waals surface area contributed by atoms with Crippen LogP contribution in [0.5, 0.6) is 0 Å².